The third-order valence-electron chi connectivity index (χ3n) is 3.92. The van der Waals surface area contributed by atoms with Gasteiger partial charge in [0.15, 0.2) is 5.76 Å². The van der Waals surface area contributed by atoms with Gasteiger partial charge in [-0.1, -0.05) is 21.1 Å². The van der Waals surface area contributed by atoms with Crippen LogP contribution in [0, 0.1) is 0 Å². The molecule has 2 aromatic carbocycles. The maximum Gasteiger partial charge on any atom is 0.287 e. The summed E-state index contributed by atoms with van der Waals surface area (Å²) < 4.78 is 16.8. The number of methoxy groups -OCH3 is 1. The zero-order valence-electron chi connectivity index (χ0n) is 14.2. The van der Waals surface area contributed by atoms with E-state index in [1.807, 2.05) is 36.4 Å². The standard InChI is InChI=1S/C19H14BrN3O4/c1-25-14-5-2-11(3-6-14)18-22-17(27-23-18)10-21-19(24)16-9-12-8-13(20)4-7-15(12)26-16/h2-9H,10H2,1H3,(H,21,24). The summed E-state index contributed by atoms with van der Waals surface area (Å²) in [6, 6.07) is 14.5. The van der Waals surface area contributed by atoms with Crippen LogP contribution in [0.2, 0.25) is 0 Å². The molecule has 0 spiro atoms. The minimum absolute atomic E-state index is 0.0999. The highest BCUT2D eigenvalue weighted by atomic mass is 79.9. The molecule has 4 rings (SSSR count). The van der Waals surface area contributed by atoms with Crippen molar-refractivity contribution in [3.8, 4) is 17.1 Å². The van der Waals surface area contributed by atoms with Crippen LogP contribution in [0.4, 0.5) is 0 Å². The van der Waals surface area contributed by atoms with Gasteiger partial charge in [-0.05, 0) is 48.5 Å². The topological polar surface area (TPSA) is 90.4 Å². The number of amides is 1. The summed E-state index contributed by atoms with van der Waals surface area (Å²) in [6.45, 7) is 0.0999. The molecule has 0 saturated carbocycles. The van der Waals surface area contributed by atoms with E-state index in [2.05, 4.69) is 31.4 Å². The fourth-order valence-corrected chi connectivity index (χ4v) is 2.93. The van der Waals surface area contributed by atoms with Crippen molar-refractivity contribution in [3.05, 3.63) is 64.7 Å². The minimum atomic E-state index is -0.355. The average molecular weight is 428 g/mol. The third-order valence-corrected chi connectivity index (χ3v) is 4.41. The zero-order valence-corrected chi connectivity index (χ0v) is 15.8. The maximum absolute atomic E-state index is 12.3. The van der Waals surface area contributed by atoms with Gasteiger partial charge in [0.1, 0.15) is 11.3 Å². The summed E-state index contributed by atoms with van der Waals surface area (Å²) in [5.41, 5.74) is 1.43. The summed E-state index contributed by atoms with van der Waals surface area (Å²) in [5, 5.41) is 7.49. The van der Waals surface area contributed by atoms with Crippen molar-refractivity contribution in [2.45, 2.75) is 6.54 Å². The molecule has 0 aliphatic rings. The lowest BCUT2D eigenvalue weighted by atomic mass is 10.2. The minimum Gasteiger partial charge on any atom is -0.497 e. The van der Waals surface area contributed by atoms with E-state index in [1.54, 1.807) is 19.2 Å². The summed E-state index contributed by atoms with van der Waals surface area (Å²) >= 11 is 3.39. The summed E-state index contributed by atoms with van der Waals surface area (Å²) in [6.07, 6.45) is 0. The highest BCUT2D eigenvalue weighted by Crippen LogP contribution is 2.23. The molecule has 2 aromatic heterocycles. The molecule has 2 heterocycles. The van der Waals surface area contributed by atoms with Gasteiger partial charge in [-0.3, -0.25) is 4.79 Å². The molecule has 0 aliphatic heterocycles. The van der Waals surface area contributed by atoms with Gasteiger partial charge in [0, 0.05) is 15.4 Å². The molecule has 27 heavy (non-hydrogen) atoms. The van der Waals surface area contributed by atoms with Crippen molar-refractivity contribution >= 4 is 32.8 Å². The number of hydrogen-bond donors (Lipinski definition) is 1. The largest absolute Gasteiger partial charge is 0.497 e. The lowest BCUT2D eigenvalue weighted by Crippen LogP contribution is -2.22. The third kappa shape index (κ3) is 3.70. The Morgan fingerprint density at radius 1 is 1.19 bits per heavy atom. The second-order valence-corrected chi connectivity index (χ2v) is 6.63. The van der Waals surface area contributed by atoms with Crippen LogP contribution in [0.1, 0.15) is 16.4 Å². The summed E-state index contributed by atoms with van der Waals surface area (Å²) in [7, 11) is 1.60. The van der Waals surface area contributed by atoms with E-state index < -0.39 is 0 Å². The van der Waals surface area contributed by atoms with E-state index in [9.17, 15) is 4.79 Å². The number of ether oxygens (including phenoxy) is 1. The van der Waals surface area contributed by atoms with Gasteiger partial charge in [0.2, 0.25) is 11.7 Å². The number of furan rings is 1. The molecule has 0 aliphatic carbocycles. The Balaban J connectivity index is 1.43. The lowest BCUT2D eigenvalue weighted by Gasteiger charge is -1.99. The van der Waals surface area contributed by atoms with Gasteiger partial charge in [-0.15, -0.1) is 0 Å². The van der Waals surface area contributed by atoms with Crippen molar-refractivity contribution in [2.24, 2.45) is 0 Å². The molecule has 0 radical (unpaired) electrons. The van der Waals surface area contributed by atoms with Crippen molar-refractivity contribution < 1.29 is 18.5 Å². The first kappa shape index (κ1) is 17.3. The van der Waals surface area contributed by atoms with Crippen LogP contribution in [0.25, 0.3) is 22.4 Å². The van der Waals surface area contributed by atoms with Crippen molar-refractivity contribution in [1.29, 1.82) is 0 Å². The molecule has 4 aromatic rings. The Kier molecular flexibility index (Phi) is 4.64. The summed E-state index contributed by atoms with van der Waals surface area (Å²) in [5.74, 6) is 1.35. The average Bonchev–Trinajstić information content (AvgIpc) is 3.33. The van der Waals surface area contributed by atoms with Crippen LogP contribution >= 0.6 is 15.9 Å². The number of fused-ring (bicyclic) bond motifs is 1. The Morgan fingerprint density at radius 2 is 2.00 bits per heavy atom. The second-order valence-electron chi connectivity index (χ2n) is 5.72. The monoisotopic (exact) mass is 427 g/mol. The predicted molar refractivity (Wildman–Crippen MR) is 101 cm³/mol. The van der Waals surface area contributed by atoms with Crippen LogP contribution in [0.3, 0.4) is 0 Å². The van der Waals surface area contributed by atoms with Gasteiger partial charge in [-0.2, -0.15) is 4.98 Å². The van der Waals surface area contributed by atoms with Crippen molar-refractivity contribution in [1.82, 2.24) is 15.5 Å². The van der Waals surface area contributed by atoms with E-state index in [-0.39, 0.29) is 18.2 Å². The maximum atomic E-state index is 12.3. The highest BCUT2D eigenvalue weighted by molar-refractivity contribution is 9.10. The first-order chi connectivity index (χ1) is 13.1. The molecule has 0 bridgehead atoms. The van der Waals surface area contributed by atoms with Crippen LogP contribution in [-0.4, -0.2) is 23.2 Å². The van der Waals surface area contributed by atoms with E-state index >= 15 is 0 Å². The Bertz CT molecular complexity index is 1100. The van der Waals surface area contributed by atoms with Gasteiger partial charge in [0.25, 0.3) is 5.91 Å². The second kappa shape index (κ2) is 7.24. The smallest absolute Gasteiger partial charge is 0.287 e. The molecule has 0 fully saturated rings. The molecule has 0 unspecified atom stereocenters. The molecule has 7 nitrogen and oxygen atoms in total. The number of carbonyl (C=O) groups excluding carboxylic acids is 1. The molecule has 1 N–H and O–H groups in total. The number of nitrogens with zero attached hydrogens (tertiary/aromatic N) is 2. The Morgan fingerprint density at radius 3 is 2.78 bits per heavy atom. The zero-order chi connectivity index (χ0) is 18.8. The molecule has 136 valence electrons. The van der Waals surface area contributed by atoms with Crippen LogP contribution < -0.4 is 10.1 Å². The van der Waals surface area contributed by atoms with E-state index in [0.717, 1.165) is 21.2 Å². The molecular weight excluding hydrogens is 414 g/mol. The Labute approximate surface area is 162 Å². The van der Waals surface area contributed by atoms with Gasteiger partial charge in [-0.25, -0.2) is 0 Å². The molecule has 0 saturated heterocycles. The fraction of sp³-hybridized carbons (Fsp3) is 0.105. The van der Waals surface area contributed by atoms with Crippen LogP contribution in [0.5, 0.6) is 5.75 Å². The molecule has 8 heteroatoms. The van der Waals surface area contributed by atoms with Gasteiger partial charge in [0.05, 0.1) is 13.7 Å². The lowest BCUT2D eigenvalue weighted by molar-refractivity contribution is 0.0920. The number of hydrogen-bond acceptors (Lipinski definition) is 6. The van der Waals surface area contributed by atoms with Gasteiger partial charge < -0.3 is 19.0 Å². The van der Waals surface area contributed by atoms with Crippen LogP contribution in [0.15, 0.2) is 61.9 Å². The number of halogens is 1. The number of aromatic nitrogens is 2. The van der Waals surface area contributed by atoms with Gasteiger partial charge >= 0.3 is 0 Å². The normalized spacial score (nSPS) is 10.9. The first-order valence-corrected chi connectivity index (χ1v) is 8.86. The molecule has 0 atom stereocenters. The Hall–Kier alpha value is -3.13. The molecular formula is C19H14BrN3O4. The van der Waals surface area contributed by atoms with E-state index in [4.69, 9.17) is 13.7 Å². The van der Waals surface area contributed by atoms with E-state index in [0.29, 0.717) is 17.3 Å². The molecule has 1 amide bonds. The van der Waals surface area contributed by atoms with Crippen molar-refractivity contribution in [3.63, 3.8) is 0 Å². The highest BCUT2D eigenvalue weighted by Gasteiger charge is 2.14. The number of carbonyl (C=O) groups is 1. The van der Waals surface area contributed by atoms with Crippen molar-refractivity contribution in [2.75, 3.05) is 7.11 Å². The summed E-state index contributed by atoms with van der Waals surface area (Å²) in [4.78, 5) is 16.6. The quantitative estimate of drug-likeness (QED) is 0.513. The number of nitrogens with one attached hydrogen (secondary N) is 1. The van der Waals surface area contributed by atoms with E-state index in [1.165, 1.54) is 0 Å². The van der Waals surface area contributed by atoms with Crippen LogP contribution in [-0.2, 0) is 6.54 Å². The predicted octanol–water partition coefficient (Wildman–Crippen LogP) is 4.18. The number of rotatable bonds is 5. The number of benzene rings is 2. The SMILES string of the molecule is COc1ccc(-c2noc(CNC(=O)c3cc4cc(Br)ccc4o3)n2)cc1. The fourth-order valence-electron chi connectivity index (χ4n) is 2.55. The first-order valence-electron chi connectivity index (χ1n) is 8.07.